The molecule has 1 fully saturated rings. The van der Waals surface area contributed by atoms with E-state index in [0.717, 1.165) is 26.2 Å². The Balaban J connectivity index is 1.98. The van der Waals surface area contributed by atoms with Crippen LogP contribution in [0.2, 0.25) is 0 Å². The Bertz CT molecular complexity index is 367. The molecule has 1 aliphatic heterocycles. The molecule has 17 heavy (non-hydrogen) atoms. The van der Waals surface area contributed by atoms with Gasteiger partial charge in [0, 0.05) is 37.8 Å². The van der Waals surface area contributed by atoms with Crippen LogP contribution in [0, 0.1) is 12.8 Å². The Morgan fingerprint density at radius 3 is 3.00 bits per heavy atom. The highest BCUT2D eigenvalue weighted by atomic mass is 16.5. The number of hydrogen-bond donors (Lipinski definition) is 1. The smallest absolute Gasteiger partial charge is 0.0526 e. The molecule has 3 nitrogen and oxygen atoms in total. The fourth-order valence-corrected chi connectivity index (χ4v) is 2.32. The van der Waals surface area contributed by atoms with Gasteiger partial charge >= 0.3 is 0 Å². The number of nitrogens with two attached hydrogens (primary N) is 1. The van der Waals surface area contributed by atoms with Gasteiger partial charge in [0.25, 0.3) is 0 Å². The van der Waals surface area contributed by atoms with E-state index in [1.807, 2.05) is 0 Å². The van der Waals surface area contributed by atoms with Crippen molar-refractivity contribution < 1.29 is 4.74 Å². The highest BCUT2D eigenvalue weighted by Crippen LogP contribution is 2.19. The lowest BCUT2D eigenvalue weighted by Crippen LogP contribution is -2.44. The van der Waals surface area contributed by atoms with E-state index in [4.69, 9.17) is 10.5 Å². The fourth-order valence-electron chi connectivity index (χ4n) is 2.32. The molecule has 0 amide bonds. The first-order valence-corrected chi connectivity index (χ1v) is 6.28. The van der Waals surface area contributed by atoms with E-state index in [-0.39, 0.29) is 6.04 Å². The van der Waals surface area contributed by atoms with E-state index < -0.39 is 0 Å². The minimum Gasteiger partial charge on any atom is -0.381 e. The zero-order valence-corrected chi connectivity index (χ0v) is 10.7. The number of hydrogen-bond acceptors (Lipinski definition) is 3. The van der Waals surface area contributed by atoms with Gasteiger partial charge in [0.1, 0.15) is 0 Å². The van der Waals surface area contributed by atoms with Gasteiger partial charge in [0.05, 0.1) is 6.61 Å². The van der Waals surface area contributed by atoms with Crippen molar-refractivity contribution in [2.45, 2.75) is 19.4 Å². The first-order chi connectivity index (χ1) is 8.16. The molecule has 0 spiro atoms. The third-order valence-corrected chi connectivity index (χ3v) is 3.48. The van der Waals surface area contributed by atoms with Crippen LogP contribution < -0.4 is 10.6 Å². The molecule has 0 aliphatic carbocycles. The molecule has 2 atom stereocenters. The van der Waals surface area contributed by atoms with Gasteiger partial charge in [-0.25, -0.2) is 0 Å². The van der Waals surface area contributed by atoms with Crippen molar-refractivity contribution in [1.82, 2.24) is 0 Å². The van der Waals surface area contributed by atoms with Gasteiger partial charge in [-0.15, -0.1) is 0 Å². The lowest BCUT2D eigenvalue weighted by molar-refractivity contribution is 0.0450. The summed E-state index contributed by atoms with van der Waals surface area (Å²) in [6.07, 6.45) is 0.978. The number of anilines is 1. The summed E-state index contributed by atoms with van der Waals surface area (Å²) < 4.78 is 5.51. The van der Waals surface area contributed by atoms with E-state index in [9.17, 15) is 0 Å². The van der Waals surface area contributed by atoms with E-state index in [2.05, 4.69) is 43.1 Å². The number of aryl methyl sites for hydroxylation is 1. The summed E-state index contributed by atoms with van der Waals surface area (Å²) in [4.78, 5) is 2.27. The second-order valence-corrected chi connectivity index (χ2v) is 5.01. The Morgan fingerprint density at radius 2 is 2.29 bits per heavy atom. The summed E-state index contributed by atoms with van der Waals surface area (Å²) in [5, 5.41) is 0. The summed E-state index contributed by atoms with van der Waals surface area (Å²) in [7, 11) is 2.12. The second kappa shape index (κ2) is 5.52. The predicted octanol–water partition coefficient (Wildman–Crippen LogP) is 1.80. The Hall–Kier alpha value is -1.06. The van der Waals surface area contributed by atoms with Crippen molar-refractivity contribution in [3.8, 4) is 0 Å². The molecule has 2 unspecified atom stereocenters. The predicted molar refractivity (Wildman–Crippen MR) is 71.4 cm³/mol. The standard InChI is InChI=1S/C14H22N2O/c1-11-4-3-5-13(8-11)16(2)9-12-10-17-7-6-14(12)15/h3-5,8,12,14H,6-7,9-10,15H2,1-2H3. The van der Waals surface area contributed by atoms with E-state index in [0.29, 0.717) is 5.92 Å². The molecule has 0 bridgehead atoms. The van der Waals surface area contributed by atoms with Crippen LogP contribution in [0.15, 0.2) is 24.3 Å². The van der Waals surface area contributed by atoms with Crippen molar-refractivity contribution in [3.63, 3.8) is 0 Å². The molecule has 0 saturated carbocycles. The summed E-state index contributed by atoms with van der Waals surface area (Å²) in [6.45, 7) is 4.68. The van der Waals surface area contributed by atoms with Crippen LogP contribution in [0.5, 0.6) is 0 Å². The van der Waals surface area contributed by atoms with Gasteiger partial charge < -0.3 is 15.4 Å². The van der Waals surface area contributed by atoms with Crippen molar-refractivity contribution in [3.05, 3.63) is 29.8 Å². The van der Waals surface area contributed by atoms with Crippen molar-refractivity contribution >= 4 is 5.69 Å². The SMILES string of the molecule is Cc1cccc(N(C)CC2COCCC2N)c1. The maximum atomic E-state index is 6.13. The van der Waals surface area contributed by atoms with Crippen LogP contribution in [0.1, 0.15) is 12.0 Å². The quantitative estimate of drug-likeness (QED) is 0.866. The van der Waals surface area contributed by atoms with Crippen LogP contribution in [0.25, 0.3) is 0 Å². The van der Waals surface area contributed by atoms with Crippen molar-refractivity contribution in [1.29, 1.82) is 0 Å². The Labute approximate surface area is 104 Å². The Kier molecular flexibility index (Phi) is 4.02. The minimum absolute atomic E-state index is 0.274. The molecule has 1 aromatic carbocycles. The van der Waals surface area contributed by atoms with Gasteiger partial charge in [-0.1, -0.05) is 12.1 Å². The average Bonchev–Trinajstić information content (AvgIpc) is 2.32. The second-order valence-electron chi connectivity index (χ2n) is 5.01. The Morgan fingerprint density at radius 1 is 1.47 bits per heavy atom. The minimum atomic E-state index is 0.274. The van der Waals surface area contributed by atoms with Gasteiger partial charge in [0.2, 0.25) is 0 Å². The molecule has 2 N–H and O–H groups in total. The molecule has 1 saturated heterocycles. The maximum absolute atomic E-state index is 6.13. The van der Waals surface area contributed by atoms with Gasteiger partial charge in [0.15, 0.2) is 0 Å². The zero-order valence-electron chi connectivity index (χ0n) is 10.7. The third-order valence-electron chi connectivity index (χ3n) is 3.48. The highest BCUT2D eigenvalue weighted by Gasteiger charge is 2.23. The average molecular weight is 234 g/mol. The van der Waals surface area contributed by atoms with Gasteiger partial charge in [-0.2, -0.15) is 0 Å². The monoisotopic (exact) mass is 234 g/mol. The lowest BCUT2D eigenvalue weighted by atomic mass is 9.96. The largest absolute Gasteiger partial charge is 0.381 e. The molecule has 1 aliphatic rings. The molecule has 0 aromatic heterocycles. The van der Waals surface area contributed by atoms with Crippen LogP contribution in [-0.2, 0) is 4.74 Å². The number of rotatable bonds is 3. The summed E-state index contributed by atoms with van der Waals surface area (Å²) in [6, 6.07) is 8.83. The molecule has 1 aromatic rings. The normalized spacial score (nSPS) is 24.6. The van der Waals surface area contributed by atoms with E-state index in [1.54, 1.807) is 0 Å². The summed E-state index contributed by atoms with van der Waals surface area (Å²) >= 11 is 0. The van der Waals surface area contributed by atoms with Crippen molar-refractivity contribution in [2.24, 2.45) is 11.7 Å². The van der Waals surface area contributed by atoms with E-state index >= 15 is 0 Å². The highest BCUT2D eigenvalue weighted by molar-refractivity contribution is 5.47. The first kappa shape index (κ1) is 12.4. The molecule has 94 valence electrons. The lowest BCUT2D eigenvalue weighted by Gasteiger charge is -2.32. The molecule has 1 heterocycles. The van der Waals surface area contributed by atoms with Crippen LogP contribution in [0.4, 0.5) is 5.69 Å². The van der Waals surface area contributed by atoms with Gasteiger partial charge in [-0.3, -0.25) is 0 Å². The summed E-state index contributed by atoms with van der Waals surface area (Å²) in [5.41, 5.74) is 8.67. The van der Waals surface area contributed by atoms with Gasteiger partial charge in [-0.05, 0) is 31.0 Å². The number of benzene rings is 1. The zero-order chi connectivity index (χ0) is 12.3. The summed E-state index contributed by atoms with van der Waals surface area (Å²) in [5.74, 6) is 0.439. The molecule has 0 radical (unpaired) electrons. The van der Waals surface area contributed by atoms with Crippen LogP contribution >= 0.6 is 0 Å². The fraction of sp³-hybridized carbons (Fsp3) is 0.571. The molecule has 3 heteroatoms. The molecular formula is C14H22N2O. The topological polar surface area (TPSA) is 38.5 Å². The maximum Gasteiger partial charge on any atom is 0.0526 e. The first-order valence-electron chi connectivity index (χ1n) is 6.28. The molecule has 2 rings (SSSR count). The van der Waals surface area contributed by atoms with Crippen molar-refractivity contribution in [2.75, 3.05) is 31.7 Å². The number of nitrogens with zero attached hydrogens (tertiary/aromatic N) is 1. The van der Waals surface area contributed by atoms with Crippen LogP contribution in [0.3, 0.4) is 0 Å². The molecular weight excluding hydrogens is 212 g/mol. The van der Waals surface area contributed by atoms with E-state index in [1.165, 1.54) is 11.3 Å². The van der Waals surface area contributed by atoms with Crippen LogP contribution in [-0.4, -0.2) is 32.8 Å². The third kappa shape index (κ3) is 3.20. The number of ether oxygens (including phenoxy) is 1.